The summed E-state index contributed by atoms with van der Waals surface area (Å²) in [5.74, 6) is 2.52. The molecule has 0 saturated carbocycles. The van der Waals surface area contributed by atoms with Crippen LogP contribution in [-0.4, -0.2) is 61.1 Å². The van der Waals surface area contributed by atoms with Crippen molar-refractivity contribution in [1.82, 2.24) is 14.8 Å². The van der Waals surface area contributed by atoms with Crippen LogP contribution in [0.2, 0.25) is 0 Å². The average molecular weight is 428 g/mol. The normalized spacial score (nSPS) is 14.7. The van der Waals surface area contributed by atoms with Crippen LogP contribution in [0.5, 0.6) is 11.5 Å². The molecule has 0 aliphatic carbocycles. The molecule has 1 saturated heterocycles. The fourth-order valence-electron chi connectivity index (χ4n) is 3.60. The first-order valence-electron chi connectivity index (χ1n) is 9.83. The Kier molecular flexibility index (Phi) is 6.06. The van der Waals surface area contributed by atoms with E-state index in [1.807, 2.05) is 36.1 Å². The van der Waals surface area contributed by atoms with E-state index in [1.54, 1.807) is 31.6 Å². The third-order valence-corrected chi connectivity index (χ3v) is 6.11. The number of aromatic nitrogens is 1. The summed E-state index contributed by atoms with van der Waals surface area (Å²) in [6.45, 7) is 5.57. The molecule has 3 aromatic rings. The Morgan fingerprint density at radius 1 is 1.13 bits per heavy atom. The van der Waals surface area contributed by atoms with E-state index in [-0.39, 0.29) is 5.91 Å². The smallest absolute Gasteiger partial charge is 0.289 e. The Morgan fingerprint density at radius 2 is 1.93 bits per heavy atom. The summed E-state index contributed by atoms with van der Waals surface area (Å²) >= 11 is 1.59. The van der Waals surface area contributed by atoms with Gasteiger partial charge in [-0.2, -0.15) is 0 Å². The third-order valence-electron chi connectivity index (χ3n) is 5.18. The number of thiazole rings is 1. The van der Waals surface area contributed by atoms with E-state index >= 15 is 0 Å². The zero-order chi connectivity index (χ0) is 21.1. The van der Waals surface area contributed by atoms with Crippen molar-refractivity contribution in [2.75, 3.05) is 40.4 Å². The zero-order valence-corrected chi connectivity index (χ0v) is 18.2. The van der Waals surface area contributed by atoms with Crippen molar-refractivity contribution in [2.24, 2.45) is 0 Å². The number of amides is 1. The van der Waals surface area contributed by atoms with Crippen LogP contribution in [0, 0.1) is 6.92 Å². The number of nitrogens with zero attached hydrogens (tertiary/aromatic N) is 3. The van der Waals surface area contributed by atoms with E-state index in [1.165, 1.54) is 0 Å². The number of rotatable bonds is 6. The molecule has 1 aliphatic heterocycles. The van der Waals surface area contributed by atoms with Crippen molar-refractivity contribution >= 4 is 17.2 Å². The number of ether oxygens (including phenoxy) is 2. The number of hydrogen-bond acceptors (Lipinski definition) is 7. The minimum Gasteiger partial charge on any atom is -0.493 e. The number of para-hydroxylation sites is 1. The molecule has 1 fully saturated rings. The fourth-order valence-corrected chi connectivity index (χ4v) is 4.43. The second-order valence-electron chi connectivity index (χ2n) is 7.16. The number of carbonyl (C=O) groups excluding carboxylic acids is 1. The predicted octanol–water partition coefficient (Wildman–Crippen LogP) is 3.69. The summed E-state index contributed by atoms with van der Waals surface area (Å²) in [4.78, 5) is 21.5. The predicted molar refractivity (Wildman–Crippen MR) is 115 cm³/mol. The SMILES string of the molecule is COc1cccc(-c2nc(CN3CCN(C(=O)c4ccc(C)o4)CC3)cs2)c1OC. The van der Waals surface area contributed by atoms with Crippen molar-refractivity contribution in [3.8, 4) is 22.1 Å². The maximum absolute atomic E-state index is 12.5. The maximum atomic E-state index is 12.5. The molecule has 1 amide bonds. The molecule has 0 bridgehead atoms. The molecular weight excluding hydrogens is 402 g/mol. The lowest BCUT2D eigenvalue weighted by Gasteiger charge is -2.33. The molecular formula is C22H25N3O4S. The summed E-state index contributed by atoms with van der Waals surface area (Å²) in [6.07, 6.45) is 0. The van der Waals surface area contributed by atoms with Gasteiger partial charge in [0.2, 0.25) is 0 Å². The zero-order valence-electron chi connectivity index (χ0n) is 17.4. The number of carbonyl (C=O) groups is 1. The molecule has 158 valence electrons. The van der Waals surface area contributed by atoms with E-state index in [2.05, 4.69) is 10.3 Å². The number of furan rings is 1. The first kappa shape index (κ1) is 20.4. The van der Waals surface area contributed by atoms with Crippen LogP contribution in [0.4, 0.5) is 0 Å². The van der Waals surface area contributed by atoms with Gasteiger partial charge < -0.3 is 18.8 Å². The van der Waals surface area contributed by atoms with Gasteiger partial charge in [0.25, 0.3) is 5.91 Å². The molecule has 2 aromatic heterocycles. The van der Waals surface area contributed by atoms with Gasteiger partial charge in [0.1, 0.15) is 10.8 Å². The van der Waals surface area contributed by atoms with Crippen LogP contribution in [0.1, 0.15) is 22.0 Å². The minimum atomic E-state index is -0.0381. The van der Waals surface area contributed by atoms with E-state index < -0.39 is 0 Å². The summed E-state index contributed by atoms with van der Waals surface area (Å²) in [5, 5.41) is 2.99. The van der Waals surface area contributed by atoms with Crippen molar-refractivity contribution in [2.45, 2.75) is 13.5 Å². The fraction of sp³-hybridized carbons (Fsp3) is 0.364. The van der Waals surface area contributed by atoms with Crippen LogP contribution >= 0.6 is 11.3 Å². The lowest BCUT2D eigenvalue weighted by molar-refractivity contribution is 0.0595. The average Bonchev–Trinajstić information content (AvgIpc) is 3.42. The van der Waals surface area contributed by atoms with Crippen LogP contribution in [0.25, 0.3) is 10.6 Å². The summed E-state index contributed by atoms with van der Waals surface area (Å²) < 4.78 is 16.4. The second-order valence-corrected chi connectivity index (χ2v) is 8.02. The molecule has 0 radical (unpaired) electrons. The maximum Gasteiger partial charge on any atom is 0.289 e. The van der Waals surface area contributed by atoms with Crippen molar-refractivity contribution < 1.29 is 18.7 Å². The Labute approximate surface area is 179 Å². The van der Waals surface area contributed by atoms with Crippen LogP contribution in [0.3, 0.4) is 0 Å². The van der Waals surface area contributed by atoms with Gasteiger partial charge in [-0.1, -0.05) is 6.07 Å². The standard InChI is InChI=1S/C22H25N3O4S/c1-15-7-8-19(29-15)22(26)25-11-9-24(10-12-25)13-16-14-30-21(23-16)17-5-4-6-18(27-2)20(17)28-3/h4-8,14H,9-13H2,1-3H3. The van der Waals surface area contributed by atoms with E-state index in [0.717, 1.165) is 41.7 Å². The number of methoxy groups -OCH3 is 2. The van der Waals surface area contributed by atoms with Crippen molar-refractivity contribution in [3.63, 3.8) is 0 Å². The Morgan fingerprint density at radius 3 is 2.60 bits per heavy atom. The quantitative estimate of drug-likeness (QED) is 0.598. The van der Waals surface area contributed by atoms with Gasteiger partial charge in [-0.15, -0.1) is 11.3 Å². The van der Waals surface area contributed by atoms with Gasteiger partial charge in [-0.05, 0) is 31.2 Å². The number of aryl methyl sites for hydroxylation is 1. The second kappa shape index (κ2) is 8.89. The molecule has 4 rings (SSSR count). The molecule has 0 atom stereocenters. The first-order valence-corrected chi connectivity index (χ1v) is 10.7. The van der Waals surface area contributed by atoms with Gasteiger partial charge in [-0.25, -0.2) is 4.98 Å². The molecule has 0 spiro atoms. The van der Waals surface area contributed by atoms with Gasteiger partial charge >= 0.3 is 0 Å². The number of hydrogen-bond donors (Lipinski definition) is 0. The van der Waals surface area contributed by atoms with Crippen molar-refractivity contribution in [3.05, 3.63) is 52.9 Å². The highest BCUT2D eigenvalue weighted by atomic mass is 32.1. The molecule has 7 nitrogen and oxygen atoms in total. The highest BCUT2D eigenvalue weighted by molar-refractivity contribution is 7.13. The Hall–Kier alpha value is -2.84. The van der Waals surface area contributed by atoms with Gasteiger partial charge in [0.15, 0.2) is 17.3 Å². The molecule has 1 aliphatic rings. The molecule has 1 aromatic carbocycles. The Bertz CT molecular complexity index is 1020. The first-order chi connectivity index (χ1) is 14.6. The van der Waals surface area contributed by atoms with Gasteiger partial charge in [0.05, 0.1) is 25.5 Å². The van der Waals surface area contributed by atoms with E-state index in [9.17, 15) is 4.79 Å². The van der Waals surface area contributed by atoms with Crippen LogP contribution in [-0.2, 0) is 6.54 Å². The third kappa shape index (κ3) is 4.20. The van der Waals surface area contributed by atoms with Gasteiger partial charge in [-0.3, -0.25) is 9.69 Å². The highest BCUT2D eigenvalue weighted by Gasteiger charge is 2.24. The summed E-state index contributed by atoms with van der Waals surface area (Å²) in [7, 11) is 3.27. The topological polar surface area (TPSA) is 68.0 Å². The van der Waals surface area contributed by atoms with Crippen molar-refractivity contribution in [1.29, 1.82) is 0 Å². The van der Waals surface area contributed by atoms with E-state index in [4.69, 9.17) is 18.9 Å². The molecule has 3 heterocycles. The monoisotopic (exact) mass is 427 g/mol. The Balaban J connectivity index is 1.38. The number of benzene rings is 1. The number of piperazine rings is 1. The molecule has 0 unspecified atom stereocenters. The van der Waals surface area contributed by atoms with Crippen LogP contribution in [0.15, 0.2) is 40.1 Å². The minimum absolute atomic E-state index is 0.0381. The lowest BCUT2D eigenvalue weighted by Crippen LogP contribution is -2.48. The van der Waals surface area contributed by atoms with Crippen LogP contribution < -0.4 is 9.47 Å². The van der Waals surface area contributed by atoms with Gasteiger partial charge in [0, 0.05) is 38.1 Å². The summed E-state index contributed by atoms with van der Waals surface area (Å²) in [6, 6.07) is 9.37. The largest absolute Gasteiger partial charge is 0.493 e. The van der Waals surface area contributed by atoms with E-state index in [0.29, 0.717) is 30.3 Å². The molecule has 0 N–H and O–H groups in total. The lowest BCUT2D eigenvalue weighted by atomic mass is 10.2. The molecule has 30 heavy (non-hydrogen) atoms. The summed E-state index contributed by atoms with van der Waals surface area (Å²) in [5.41, 5.74) is 1.94. The highest BCUT2D eigenvalue weighted by Crippen LogP contribution is 2.39. The molecule has 8 heteroatoms.